The van der Waals surface area contributed by atoms with E-state index in [2.05, 4.69) is 4.72 Å². The van der Waals surface area contributed by atoms with Crippen LogP contribution in [0.3, 0.4) is 0 Å². The first-order valence-electron chi connectivity index (χ1n) is 6.58. The van der Waals surface area contributed by atoms with Gasteiger partial charge in [-0.2, -0.15) is 0 Å². The van der Waals surface area contributed by atoms with Crippen molar-refractivity contribution in [2.45, 2.75) is 24.2 Å². The highest BCUT2D eigenvalue weighted by molar-refractivity contribution is 7.91. The van der Waals surface area contributed by atoms with Gasteiger partial charge in [0.05, 0.1) is 6.10 Å². The molecule has 0 saturated heterocycles. The highest BCUT2D eigenvalue weighted by atomic mass is 32.2. The number of aryl methyl sites for hydroxylation is 2. The second kappa shape index (κ2) is 6.70. The van der Waals surface area contributed by atoms with Crippen molar-refractivity contribution in [1.29, 1.82) is 0 Å². The summed E-state index contributed by atoms with van der Waals surface area (Å²) >= 11 is 1.26. The summed E-state index contributed by atoms with van der Waals surface area (Å²) in [4.78, 5) is 0.970. The Morgan fingerprint density at radius 1 is 1.19 bits per heavy atom. The van der Waals surface area contributed by atoms with Crippen molar-refractivity contribution in [2.24, 2.45) is 0 Å². The van der Waals surface area contributed by atoms with Crippen LogP contribution in [0.1, 0.15) is 22.1 Å². The molecule has 1 aromatic heterocycles. The Morgan fingerprint density at radius 3 is 2.48 bits per heavy atom. The van der Waals surface area contributed by atoms with Crippen molar-refractivity contribution in [3.63, 3.8) is 0 Å². The van der Waals surface area contributed by atoms with Crippen LogP contribution in [0.2, 0.25) is 0 Å². The quantitative estimate of drug-likeness (QED) is 0.888. The maximum Gasteiger partial charge on any atom is 0.250 e. The predicted octanol–water partition coefficient (Wildman–Crippen LogP) is 3.03. The fourth-order valence-corrected chi connectivity index (χ4v) is 4.44. The molecule has 1 N–H and O–H groups in total. The van der Waals surface area contributed by atoms with E-state index in [1.54, 1.807) is 19.2 Å². The third-order valence-electron chi connectivity index (χ3n) is 3.26. The molecular formula is C15H19NO3S2. The number of hydrogen-bond donors (Lipinski definition) is 1. The summed E-state index contributed by atoms with van der Waals surface area (Å²) in [6.45, 7) is 4.08. The molecular weight excluding hydrogens is 306 g/mol. The summed E-state index contributed by atoms with van der Waals surface area (Å²) in [5, 5.41) is 0. The average molecular weight is 325 g/mol. The second-order valence-corrected chi connectivity index (χ2v) is 8.08. The Morgan fingerprint density at radius 2 is 1.90 bits per heavy atom. The molecule has 21 heavy (non-hydrogen) atoms. The first kappa shape index (κ1) is 16.2. The van der Waals surface area contributed by atoms with E-state index in [-0.39, 0.29) is 12.6 Å². The molecule has 0 aliphatic heterocycles. The SMILES string of the molecule is COC(CNS(=O)(=O)c1ccc(C)s1)c1ccccc1C. The summed E-state index contributed by atoms with van der Waals surface area (Å²) in [6, 6.07) is 11.2. The Kier molecular flexibility index (Phi) is 5.16. The minimum Gasteiger partial charge on any atom is -0.375 e. The van der Waals surface area contributed by atoms with Crippen LogP contribution >= 0.6 is 11.3 Å². The molecule has 1 atom stereocenters. The van der Waals surface area contributed by atoms with Gasteiger partial charge in [-0.3, -0.25) is 0 Å². The van der Waals surface area contributed by atoms with Crippen LogP contribution in [0, 0.1) is 13.8 Å². The molecule has 0 aliphatic rings. The first-order chi connectivity index (χ1) is 9.94. The van der Waals surface area contributed by atoms with Crippen molar-refractivity contribution in [1.82, 2.24) is 4.72 Å². The lowest BCUT2D eigenvalue weighted by Crippen LogP contribution is -2.29. The molecule has 0 radical (unpaired) electrons. The number of hydrogen-bond acceptors (Lipinski definition) is 4. The van der Waals surface area contributed by atoms with Gasteiger partial charge < -0.3 is 4.74 Å². The van der Waals surface area contributed by atoms with Crippen LogP contribution < -0.4 is 4.72 Å². The topological polar surface area (TPSA) is 55.4 Å². The molecule has 2 rings (SSSR count). The molecule has 1 aromatic carbocycles. The van der Waals surface area contributed by atoms with E-state index >= 15 is 0 Å². The van der Waals surface area contributed by atoms with E-state index in [9.17, 15) is 8.42 Å². The van der Waals surface area contributed by atoms with E-state index in [1.165, 1.54) is 11.3 Å². The van der Waals surface area contributed by atoms with Crippen molar-refractivity contribution < 1.29 is 13.2 Å². The van der Waals surface area contributed by atoms with Gasteiger partial charge in [0.1, 0.15) is 4.21 Å². The molecule has 4 nitrogen and oxygen atoms in total. The molecule has 0 bridgehead atoms. The van der Waals surface area contributed by atoms with Gasteiger partial charge in [-0.15, -0.1) is 11.3 Å². The lowest BCUT2D eigenvalue weighted by atomic mass is 10.0. The summed E-state index contributed by atoms with van der Waals surface area (Å²) < 4.78 is 32.8. The summed E-state index contributed by atoms with van der Waals surface area (Å²) in [5.41, 5.74) is 2.07. The highest BCUT2D eigenvalue weighted by Crippen LogP contribution is 2.23. The molecule has 0 fully saturated rings. The summed E-state index contributed by atoms with van der Waals surface area (Å²) in [5.74, 6) is 0. The number of benzene rings is 1. The molecule has 6 heteroatoms. The summed E-state index contributed by atoms with van der Waals surface area (Å²) in [7, 11) is -1.89. The summed E-state index contributed by atoms with van der Waals surface area (Å²) in [6.07, 6.45) is -0.304. The first-order valence-corrected chi connectivity index (χ1v) is 8.88. The number of rotatable bonds is 6. The lowest BCUT2D eigenvalue weighted by Gasteiger charge is -2.18. The van der Waals surface area contributed by atoms with Gasteiger partial charge in [-0.05, 0) is 37.1 Å². The number of sulfonamides is 1. The smallest absolute Gasteiger partial charge is 0.250 e. The Bertz CT molecular complexity index is 707. The van der Waals surface area contributed by atoms with Gasteiger partial charge in [-0.1, -0.05) is 24.3 Å². The fourth-order valence-electron chi connectivity index (χ4n) is 2.08. The Hall–Kier alpha value is -1.21. The molecule has 2 aromatic rings. The number of methoxy groups -OCH3 is 1. The third kappa shape index (κ3) is 3.91. The number of ether oxygens (including phenoxy) is 1. The van der Waals surface area contributed by atoms with E-state index in [0.29, 0.717) is 4.21 Å². The molecule has 0 saturated carbocycles. The van der Waals surface area contributed by atoms with E-state index in [1.807, 2.05) is 38.1 Å². The number of thiophene rings is 1. The standard InChI is InChI=1S/C15H19NO3S2/c1-11-6-4-5-7-13(11)14(19-3)10-16-21(17,18)15-9-8-12(2)20-15/h4-9,14,16H,10H2,1-3H3. The minimum absolute atomic E-state index is 0.209. The van der Waals surface area contributed by atoms with Gasteiger partial charge in [0.15, 0.2) is 0 Å². The Labute approximate surface area is 129 Å². The fraction of sp³-hybridized carbons (Fsp3) is 0.333. The third-order valence-corrected chi connectivity index (χ3v) is 6.18. The number of nitrogens with one attached hydrogen (secondary N) is 1. The maximum absolute atomic E-state index is 12.2. The van der Waals surface area contributed by atoms with Crippen LogP contribution in [0.15, 0.2) is 40.6 Å². The van der Waals surface area contributed by atoms with Crippen LogP contribution in [-0.4, -0.2) is 22.1 Å². The Balaban J connectivity index is 2.12. The zero-order valence-electron chi connectivity index (χ0n) is 12.3. The molecule has 114 valence electrons. The van der Waals surface area contributed by atoms with Crippen LogP contribution in [0.5, 0.6) is 0 Å². The van der Waals surface area contributed by atoms with Crippen molar-refractivity contribution in [3.8, 4) is 0 Å². The van der Waals surface area contributed by atoms with Gasteiger partial charge in [-0.25, -0.2) is 13.1 Å². The highest BCUT2D eigenvalue weighted by Gasteiger charge is 2.20. The van der Waals surface area contributed by atoms with Crippen molar-refractivity contribution in [2.75, 3.05) is 13.7 Å². The normalized spacial score (nSPS) is 13.3. The average Bonchev–Trinajstić information content (AvgIpc) is 2.89. The van der Waals surface area contributed by atoms with Crippen molar-refractivity contribution >= 4 is 21.4 Å². The zero-order valence-corrected chi connectivity index (χ0v) is 13.9. The van der Waals surface area contributed by atoms with Gasteiger partial charge in [0.2, 0.25) is 10.0 Å². The van der Waals surface area contributed by atoms with Crippen LogP contribution in [0.4, 0.5) is 0 Å². The van der Waals surface area contributed by atoms with Crippen LogP contribution in [-0.2, 0) is 14.8 Å². The van der Waals surface area contributed by atoms with Crippen molar-refractivity contribution in [3.05, 3.63) is 52.4 Å². The van der Waals surface area contributed by atoms with E-state index in [0.717, 1.165) is 16.0 Å². The minimum atomic E-state index is -3.48. The van der Waals surface area contributed by atoms with E-state index in [4.69, 9.17) is 4.74 Å². The molecule has 0 spiro atoms. The molecule has 1 unspecified atom stereocenters. The second-order valence-electron chi connectivity index (χ2n) is 4.80. The lowest BCUT2D eigenvalue weighted by molar-refractivity contribution is 0.107. The molecule has 0 amide bonds. The molecule has 1 heterocycles. The largest absolute Gasteiger partial charge is 0.375 e. The van der Waals surface area contributed by atoms with Gasteiger partial charge in [0.25, 0.3) is 0 Å². The zero-order chi connectivity index (χ0) is 15.5. The predicted molar refractivity (Wildman–Crippen MR) is 85.2 cm³/mol. The molecule has 0 aliphatic carbocycles. The van der Waals surface area contributed by atoms with Gasteiger partial charge >= 0.3 is 0 Å². The van der Waals surface area contributed by atoms with Gasteiger partial charge in [0, 0.05) is 18.5 Å². The monoisotopic (exact) mass is 325 g/mol. The van der Waals surface area contributed by atoms with Crippen LogP contribution in [0.25, 0.3) is 0 Å². The van der Waals surface area contributed by atoms with E-state index < -0.39 is 10.0 Å². The maximum atomic E-state index is 12.2.